The van der Waals surface area contributed by atoms with Crippen molar-refractivity contribution in [3.8, 4) is 11.5 Å². The van der Waals surface area contributed by atoms with Crippen molar-refractivity contribution in [2.45, 2.75) is 6.92 Å². The summed E-state index contributed by atoms with van der Waals surface area (Å²) >= 11 is 5.97. The van der Waals surface area contributed by atoms with E-state index in [4.69, 9.17) is 26.2 Å². The summed E-state index contributed by atoms with van der Waals surface area (Å²) in [6.07, 6.45) is 0. The molecule has 0 atom stereocenters. The number of ether oxygens (including phenoxy) is 2. The Morgan fingerprint density at radius 2 is 1.86 bits per heavy atom. The topological polar surface area (TPSA) is 55.8 Å². The van der Waals surface area contributed by atoms with Gasteiger partial charge in [-0.1, -0.05) is 23.7 Å². The van der Waals surface area contributed by atoms with Crippen molar-refractivity contribution in [1.29, 1.82) is 0 Å². The molecule has 0 heterocycles. The Morgan fingerprint density at radius 3 is 2.52 bits per heavy atom. The smallest absolute Gasteiger partial charge is 0.335 e. The number of hydrogen-bond acceptors (Lipinski definition) is 3. The number of carbonyl (C=O) groups is 1. The van der Waals surface area contributed by atoms with Crippen molar-refractivity contribution < 1.29 is 19.4 Å². The van der Waals surface area contributed by atoms with Crippen LogP contribution in [0.4, 0.5) is 0 Å². The fourth-order valence-electron chi connectivity index (χ4n) is 1.84. The van der Waals surface area contributed by atoms with E-state index in [1.807, 2.05) is 12.1 Å². The maximum Gasteiger partial charge on any atom is 0.335 e. The average molecular weight is 307 g/mol. The highest BCUT2D eigenvalue weighted by atomic mass is 35.5. The van der Waals surface area contributed by atoms with Crippen LogP contribution >= 0.6 is 11.6 Å². The first-order chi connectivity index (χ1) is 10.1. The summed E-state index contributed by atoms with van der Waals surface area (Å²) in [6, 6.07) is 12.1. The van der Waals surface area contributed by atoms with Gasteiger partial charge in [-0.25, -0.2) is 4.79 Å². The number of hydrogen-bond donors (Lipinski definition) is 1. The average Bonchev–Trinajstić information content (AvgIpc) is 2.45. The van der Waals surface area contributed by atoms with Crippen molar-refractivity contribution in [3.63, 3.8) is 0 Å². The van der Waals surface area contributed by atoms with Gasteiger partial charge in [0, 0.05) is 0 Å². The summed E-state index contributed by atoms with van der Waals surface area (Å²) in [5.41, 5.74) is 0.932. The first-order valence-corrected chi connectivity index (χ1v) is 6.80. The molecule has 0 saturated carbocycles. The summed E-state index contributed by atoms with van der Waals surface area (Å²) in [5, 5.41) is 9.50. The lowest BCUT2D eigenvalue weighted by Crippen LogP contribution is -2.09. The molecule has 0 amide bonds. The van der Waals surface area contributed by atoms with E-state index in [0.29, 0.717) is 35.3 Å². The van der Waals surface area contributed by atoms with Gasteiger partial charge in [0.05, 0.1) is 10.6 Å². The highest BCUT2D eigenvalue weighted by Gasteiger charge is 2.07. The molecule has 0 bridgehead atoms. The van der Waals surface area contributed by atoms with Crippen molar-refractivity contribution >= 4 is 17.6 Å². The van der Waals surface area contributed by atoms with Crippen LogP contribution in [0.5, 0.6) is 11.5 Å². The van der Waals surface area contributed by atoms with Crippen molar-refractivity contribution in [1.82, 2.24) is 0 Å². The Hall–Kier alpha value is -2.20. The standard InChI is InChI=1S/C16H15ClO4/c1-11-10-12(6-7-13(11)16(18)19)20-8-9-21-15-5-3-2-4-14(15)17/h2-7,10H,8-9H2,1H3,(H,18,19). The highest BCUT2D eigenvalue weighted by Crippen LogP contribution is 2.23. The monoisotopic (exact) mass is 306 g/mol. The van der Waals surface area contributed by atoms with E-state index in [1.54, 1.807) is 31.2 Å². The number of halogens is 1. The minimum absolute atomic E-state index is 0.273. The maximum absolute atomic E-state index is 10.9. The van der Waals surface area contributed by atoms with Crippen molar-refractivity contribution in [2.24, 2.45) is 0 Å². The second-order valence-corrected chi connectivity index (χ2v) is 4.82. The van der Waals surface area contributed by atoms with E-state index in [1.165, 1.54) is 6.07 Å². The van der Waals surface area contributed by atoms with E-state index < -0.39 is 5.97 Å². The third kappa shape index (κ3) is 4.13. The molecule has 5 heteroatoms. The Morgan fingerprint density at radius 1 is 1.14 bits per heavy atom. The Labute approximate surface area is 127 Å². The number of rotatable bonds is 6. The van der Waals surface area contributed by atoms with Crippen LogP contribution < -0.4 is 9.47 Å². The maximum atomic E-state index is 10.9. The van der Waals surface area contributed by atoms with E-state index in [-0.39, 0.29) is 5.56 Å². The van der Waals surface area contributed by atoms with E-state index in [0.717, 1.165) is 0 Å². The molecule has 110 valence electrons. The van der Waals surface area contributed by atoms with Gasteiger partial charge < -0.3 is 14.6 Å². The van der Waals surface area contributed by atoms with Gasteiger partial charge in [-0.2, -0.15) is 0 Å². The Kier molecular flexibility index (Phi) is 5.06. The molecule has 0 fully saturated rings. The summed E-state index contributed by atoms with van der Waals surface area (Å²) in [5.74, 6) is 0.279. The van der Waals surface area contributed by atoms with Gasteiger partial charge >= 0.3 is 5.97 Å². The van der Waals surface area contributed by atoms with E-state index in [2.05, 4.69) is 0 Å². The Balaban J connectivity index is 1.85. The fraction of sp³-hybridized carbons (Fsp3) is 0.188. The number of aryl methyl sites for hydroxylation is 1. The van der Waals surface area contributed by atoms with Crippen LogP contribution in [0.3, 0.4) is 0 Å². The lowest BCUT2D eigenvalue weighted by molar-refractivity contribution is 0.0696. The second-order valence-electron chi connectivity index (χ2n) is 4.41. The number of carboxylic acids is 1. The molecule has 0 unspecified atom stereocenters. The van der Waals surface area contributed by atoms with Crippen LogP contribution in [-0.4, -0.2) is 24.3 Å². The largest absolute Gasteiger partial charge is 0.490 e. The molecule has 0 aromatic heterocycles. The zero-order chi connectivity index (χ0) is 15.2. The molecular formula is C16H15ClO4. The summed E-state index contributed by atoms with van der Waals surface area (Å²) in [4.78, 5) is 10.9. The molecule has 2 aromatic rings. The molecule has 0 spiro atoms. The summed E-state index contributed by atoms with van der Waals surface area (Å²) in [6.45, 7) is 2.43. The van der Waals surface area contributed by atoms with Crippen LogP contribution in [0.25, 0.3) is 0 Å². The molecule has 0 saturated heterocycles. The third-order valence-electron chi connectivity index (χ3n) is 2.87. The normalized spacial score (nSPS) is 10.2. The Bertz CT molecular complexity index is 640. The molecular weight excluding hydrogens is 292 g/mol. The van der Waals surface area contributed by atoms with E-state index in [9.17, 15) is 4.79 Å². The highest BCUT2D eigenvalue weighted by molar-refractivity contribution is 6.32. The number of aromatic carboxylic acids is 1. The van der Waals surface area contributed by atoms with Crippen LogP contribution in [0.15, 0.2) is 42.5 Å². The van der Waals surface area contributed by atoms with Crippen molar-refractivity contribution in [3.05, 3.63) is 58.6 Å². The molecule has 0 radical (unpaired) electrons. The predicted octanol–water partition coefficient (Wildman–Crippen LogP) is 3.80. The molecule has 21 heavy (non-hydrogen) atoms. The summed E-state index contributed by atoms with van der Waals surface area (Å²) < 4.78 is 11.0. The molecule has 1 N–H and O–H groups in total. The second kappa shape index (κ2) is 6.99. The number of para-hydroxylation sites is 1. The summed E-state index contributed by atoms with van der Waals surface area (Å²) in [7, 11) is 0. The fourth-order valence-corrected chi connectivity index (χ4v) is 2.03. The van der Waals surface area contributed by atoms with Crippen LogP contribution in [-0.2, 0) is 0 Å². The van der Waals surface area contributed by atoms with Gasteiger partial charge in [0.2, 0.25) is 0 Å². The van der Waals surface area contributed by atoms with Crippen LogP contribution in [0, 0.1) is 6.92 Å². The zero-order valence-corrected chi connectivity index (χ0v) is 12.3. The van der Waals surface area contributed by atoms with Gasteiger partial charge in [0.25, 0.3) is 0 Å². The van der Waals surface area contributed by atoms with Gasteiger partial charge in [0.15, 0.2) is 0 Å². The van der Waals surface area contributed by atoms with E-state index >= 15 is 0 Å². The number of benzene rings is 2. The van der Waals surface area contributed by atoms with Gasteiger partial charge in [0.1, 0.15) is 24.7 Å². The lowest BCUT2D eigenvalue weighted by Gasteiger charge is -2.10. The molecule has 4 nitrogen and oxygen atoms in total. The van der Waals surface area contributed by atoms with Crippen LogP contribution in [0.2, 0.25) is 5.02 Å². The minimum Gasteiger partial charge on any atom is -0.490 e. The van der Waals surface area contributed by atoms with Crippen LogP contribution in [0.1, 0.15) is 15.9 Å². The molecule has 2 rings (SSSR count). The van der Waals surface area contributed by atoms with Gasteiger partial charge in [-0.3, -0.25) is 0 Å². The number of carboxylic acid groups (broad SMARTS) is 1. The first-order valence-electron chi connectivity index (χ1n) is 6.42. The lowest BCUT2D eigenvalue weighted by atomic mass is 10.1. The minimum atomic E-state index is -0.943. The molecule has 0 aliphatic heterocycles. The van der Waals surface area contributed by atoms with Crippen molar-refractivity contribution in [2.75, 3.05) is 13.2 Å². The molecule has 0 aliphatic carbocycles. The quantitative estimate of drug-likeness (QED) is 0.825. The van der Waals surface area contributed by atoms with Gasteiger partial charge in [-0.15, -0.1) is 0 Å². The third-order valence-corrected chi connectivity index (χ3v) is 3.19. The zero-order valence-electron chi connectivity index (χ0n) is 11.5. The molecule has 0 aliphatic rings. The first kappa shape index (κ1) is 15.2. The predicted molar refractivity (Wildman–Crippen MR) is 80.6 cm³/mol. The SMILES string of the molecule is Cc1cc(OCCOc2ccccc2Cl)ccc1C(=O)O. The molecule has 2 aromatic carbocycles. The van der Waals surface area contributed by atoms with Gasteiger partial charge in [-0.05, 0) is 42.8 Å².